The van der Waals surface area contributed by atoms with Gasteiger partial charge in [0.2, 0.25) is 11.8 Å². The highest BCUT2D eigenvalue weighted by Crippen LogP contribution is 2.35. The smallest absolute Gasteiger partial charge is 0.228 e. The Morgan fingerprint density at radius 2 is 2.00 bits per heavy atom. The van der Waals surface area contributed by atoms with Crippen LogP contribution in [-0.4, -0.2) is 40.8 Å². The molecule has 24 heavy (non-hydrogen) atoms. The number of hydrogen-bond donors (Lipinski definition) is 0. The van der Waals surface area contributed by atoms with Crippen LogP contribution in [-0.2, 0) is 16.0 Å². The molecule has 3 heterocycles. The van der Waals surface area contributed by atoms with Crippen molar-refractivity contribution < 1.29 is 9.59 Å². The molecule has 1 saturated carbocycles. The predicted molar refractivity (Wildman–Crippen MR) is 94.1 cm³/mol. The number of amides is 2. The predicted octanol–water partition coefficient (Wildman–Crippen LogP) is 2.99. The summed E-state index contributed by atoms with van der Waals surface area (Å²) in [7, 11) is 0. The van der Waals surface area contributed by atoms with Crippen LogP contribution in [0.5, 0.6) is 0 Å². The van der Waals surface area contributed by atoms with Crippen LogP contribution < -0.4 is 4.90 Å². The molecule has 0 N–H and O–H groups in total. The van der Waals surface area contributed by atoms with Crippen LogP contribution >= 0.6 is 11.3 Å². The Morgan fingerprint density at radius 3 is 2.75 bits per heavy atom. The molecule has 2 saturated heterocycles. The van der Waals surface area contributed by atoms with Crippen LogP contribution in [0.3, 0.4) is 0 Å². The fourth-order valence-electron chi connectivity index (χ4n) is 4.54. The molecule has 5 nitrogen and oxygen atoms in total. The average Bonchev–Trinajstić information content (AvgIpc) is 3.34. The molecular weight excluding hydrogens is 322 g/mol. The van der Waals surface area contributed by atoms with Gasteiger partial charge in [-0.15, -0.1) is 11.3 Å². The monoisotopic (exact) mass is 347 g/mol. The highest BCUT2D eigenvalue weighted by Gasteiger charge is 2.36. The molecule has 0 bridgehead atoms. The van der Waals surface area contributed by atoms with Gasteiger partial charge in [-0.25, -0.2) is 4.98 Å². The molecule has 0 unspecified atom stereocenters. The summed E-state index contributed by atoms with van der Waals surface area (Å²) in [6, 6.07) is 0.457. The lowest BCUT2D eigenvalue weighted by Gasteiger charge is -2.29. The van der Waals surface area contributed by atoms with E-state index in [1.807, 2.05) is 5.38 Å². The summed E-state index contributed by atoms with van der Waals surface area (Å²) in [5, 5.41) is 2.70. The van der Waals surface area contributed by atoms with Gasteiger partial charge in [0.15, 0.2) is 5.13 Å². The van der Waals surface area contributed by atoms with E-state index in [9.17, 15) is 9.59 Å². The van der Waals surface area contributed by atoms with Crippen molar-refractivity contribution >= 4 is 28.3 Å². The topological polar surface area (TPSA) is 53.5 Å². The third-order valence-corrected chi connectivity index (χ3v) is 6.65. The molecule has 1 aromatic rings. The van der Waals surface area contributed by atoms with E-state index >= 15 is 0 Å². The largest absolute Gasteiger partial charge is 0.339 e. The zero-order valence-electron chi connectivity index (χ0n) is 14.1. The highest BCUT2D eigenvalue weighted by atomic mass is 32.1. The first-order chi connectivity index (χ1) is 11.7. The molecule has 0 aromatic carbocycles. The summed E-state index contributed by atoms with van der Waals surface area (Å²) in [5.41, 5.74) is 0.816. The van der Waals surface area contributed by atoms with Gasteiger partial charge in [0.1, 0.15) is 0 Å². The third-order valence-electron chi connectivity index (χ3n) is 5.74. The van der Waals surface area contributed by atoms with E-state index < -0.39 is 0 Å². The molecule has 2 aliphatic heterocycles. The number of carbonyl (C=O) groups is 2. The maximum absolute atomic E-state index is 12.8. The standard InChI is InChI=1S/C18H25N3O2S/c22-16-8-4-10-21(16)18-19-14(12-24-18)11-17(23)20-9-3-7-15(20)13-5-1-2-6-13/h12-13,15H,1-11H2/t15-/m1/s1. The van der Waals surface area contributed by atoms with E-state index in [4.69, 9.17) is 0 Å². The van der Waals surface area contributed by atoms with Gasteiger partial charge < -0.3 is 4.90 Å². The molecule has 1 atom stereocenters. The van der Waals surface area contributed by atoms with Crippen molar-refractivity contribution in [3.8, 4) is 0 Å². The second kappa shape index (κ2) is 6.82. The molecule has 1 aromatic heterocycles. The van der Waals surface area contributed by atoms with Crippen molar-refractivity contribution in [3.63, 3.8) is 0 Å². The summed E-state index contributed by atoms with van der Waals surface area (Å²) in [5.74, 6) is 1.08. The van der Waals surface area contributed by atoms with Crippen LogP contribution in [0.25, 0.3) is 0 Å². The molecular formula is C18H25N3O2S. The van der Waals surface area contributed by atoms with E-state index in [1.54, 1.807) is 4.90 Å². The summed E-state index contributed by atoms with van der Waals surface area (Å²) in [6.07, 6.45) is 9.41. The number of nitrogens with zero attached hydrogens (tertiary/aromatic N) is 3. The van der Waals surface area contributed by atoms with Crippen molar-refractivity contribution in [2.24, 2.45) is 5.92 Å². The van der Waals surface area contributed by atoms with Crippen molar-refractivity contribution in [2.75, 3.05) is 18.0 Å². The summed E-state index contributed by atoms with van der Waals surface area (Å²) >= 11 is 1.48. The Morgan fingerprint density at radius 1 is 1.17 bits per heavy atom. The molecule has 2 amide bonds. The maximum Gasteiger partial charge on any atom is 0.228 e. The number of thiazole rings is 1. The van der Waals surface area contributed by atoms with Gasteiger partial charge in [-0.3, -0.25) is 14.5 Å². The number of rotatable bonds is 4. The lowest BCUT2D eigenvalue weighted by molar-refractivity contribution is -0.132. The number of likely N-dealkylation sites (tertiary alicyclic amines) is 1. The number of anilines is 1. The highest BCUT2D eigenvalue weighted by molar-refractivity contribution is 7.14. The van der Waals surface area contributed by atoms with Gasteiger partial charge in [0.25, 0.3) is 0 Å². The van der Waals surface area contributed by atoms with Gasteiger partial charge in [-0.05, 0) is 38.0 Å². The first-order valence-corrected chi connectivity index (χ1v) is 10.1. The van der Waals surface area contributed by atoms with Crippen molar-refractivity contribution in [1.29, 1.82) is 0 Å². The Kier molecular flexibility index (Phi) is 4.57. The van der Waals surface area contributed by atoms with Gasteiger partial charge >= 0.3 is 0 Å². The first-order valence-electron chi connectivity index (χ1n) is 9.26. The van der Waals surface area contributed by atoms with Crippen LogP contribution in [0.15, 0.2) is 5.38 Å². The summed E-state index contributed by atoms with van der Waals surface area (Å²) in [4.78, 5) is 33.0. The molecule has 6 heteroatoms. The Labute approximate surface area is 147 Å². The lowest BCUT2D eigenvalue weighted by Crippen LogP contribution is -2.40. The number of hydrogen-bond acceptors (Lipinski definition) is 4. The quantitative estimate of drug-likeness (QED) is 0.841. The third kappa shape index (κ3) is 3.08. The Balaban J connectivity index is 1.40. The maximum atomic E-state index is 12.8. The summed E-state index contributed by atoms with van der Waals surface area (Å²) in [6.45, 7) is 1.66. The Bertz CT molecular complexity index is 624. The van der Waals surface area contributed by atoms with Crippen LogP contribution in [0, 0.1) is 5.92 Å². The van der Waals surface area contributed by atoms with Crippen molar-refractivity contribution in [1.82, 2.24) is 9.88 Å². The average molecular weight is 347 g/mol. The van der Waals surface area contributed by atoms with Gasteiger partial charge in [0, 0.05) is 30.9 Å². The van der Waals surface area contributed by atoms with Crippen LogP contribution in [0.1, 0.15) is 57.1 Å². The minimum atomic E-state index is 0.156. The van der Waals surface area contributed by atoms with E-state index in [1.165, 1.54) is 43.4 Å². The second-order valence-electron chi connectivity index (χ2n) is 7.29. The van der Waals surface area contributed by atoms with Crippen LogP contribution in [0.2, 0.25) is 0 Å². The van der Waals surface area contributed by atoms with E-state index in [0.29, 0.717) is 24.8 Å². The molecule has 3 fully saturated rings. The van der Waals surface area contributed by atoms with Crippen molar-refractivity contribution in [3.05, 3.63) is 11.1 Å². The van der Waals surface area contributed by atoms with Gasteiger partial charge in [-0.2, -0.15) is 0 Å². The molecule has 1 aliphatic carbocycles. The van der Waals surface area contributed by atoms with E-state index in [2.05, 4.69) is 9.88 Å². The minimum Gasteiger partial charge on any atom is -0.339 e. The molecule has 0 spiro atoms. The zero-order chi connectivity index (χ0) is 16.5. The van der Waals surface area contributed by atoms with Gasteiger partial charge in [-0.1, -0.05) is 12.8 Å². The number of carbonyl (C=O) groups excluding carboxylic acids is 2. The minimum absolute atomic E-state index is 0.156. The van der Waals surface area contributed by atoms with E-state index in [-0.39, 0.29) is 11.8 Å². The molecule has 4 rings (SSSR count). The normalized spacial score (nSPS) is 25.2. The molecule has 130 valence electrons. The molecule has 3 aliphatic rings. The zero-order valence-corrected chi connectivity index (χ0v) is 14.9. The first kappa shape index (κ1) is 16.1. The second-order valence-corrected chi connectivity index (χ2v) is 8.12. The number of aromatic nitrogens is 1. The summed E-state index contributed by atoms with van der Waals surface area (Å²) < 4.78 is 0. The van der Waals surface area contributed by atoms with Crippen molar-refractivity contribution in [2.45, 2.75) is 63.8 Å². The molecule has 0 radical (unpaired) electrons. The van der Waals surface area contributed by atoms with E-state index in [0.717, 1.165) is 36.8 Å². The SMILES string of the molecule is O=C1CCCN1c1nc(CC(=O)N2CCC[C@@H]2C2CCCC2)cs1. The lowest BCUT2D eigenvalue weighted by atomic mass is 9.96. The fraction of sp³-hybridized carbons (Fsp3) is 0.722. The Hall–Kier alpha value is -1.43. The van der Waals surface area contributed by atoms with Crippen LogP contribution in [0.4, 0.5) is 5.13 Å². The van der Waals surface area contributed by atoms with Gasteiger partial charge in [0.05, 0.1) is 12.1 Å². The fourth-order valence-corrected chi connectivity index (χ4v) is 5.41.